The molecule has 0 fully saturated rings. The fourth-order valence-corrected chi connectivity index (χ4v) is 2.31. The summed E-state index contributed by atoms with van der Waals surface area (Å²) in [5, 5.41) is 8.03. The molecule has 0 unspecified atom stereocenters. The Bertz CT molecular complexity index is 517. The van der Waals surface area contributed by atoms with E-state index >= 15 is 0 Å². The molecule has 1 aromatic heterocycles. The molecular formula is C15H20BrN3. The number of nitrogens with one attached hydrogen (secondary N) is 1. The van der Waals surface area contributed by atoms with Crippen molar-refractivity contribution >= 4 is 15.9 Å². The maximum Gasteiger partial charge on any atom is 0.0625 e. The van der Waals surface area contributed by atoms with Crippen LogP contribution in [0.25, 0.3) is 0 Å². The molecule has 2 aromatic rings. The van der Waals surface area contributed by atoms with Crippen LogP contribution < -0.4 is 5.32 Å². The van der Waals surface area contributed by atoms with Gasteiger partial charge in [0.15, 0.2) is 0 Å². The van der Waals surface area contributed by atoms with Crippen LogP contribution in [0.1, 0.15) is 30.8 Å². The van der Waals surface area contributed by atoms with E-state index in [-0.39, 0.29) is 0 Å². The molecule has 3 nitrogen and oxygen atoms in total. The number of nitrogens with zero attached hydrogens (tertiary/aromatic N) is 2. The van der Waals surface area contributed by atoms with Gasteiger partial charge in [-0.25, -0.2) is 0 Å². The van der Waals surface area contributed by atoms with Gasteiger partial charge in [-0.3, -0.25) is 4.68 Å². The summed E-state index contributed by atoms with van der Waals surface area (Å²) >= 11 is 3.45. The lowest BCUT2D eigenvalue weighted by Crippen LogP contribution is -2.16. The first-order valence-electron chi connectivity index (χ1n) is 6.73. The zero-order valence-electron chi connectivity index (χ0n) is 11.5. The predicted molar refractivity (Wildman–Crippen MR) is 82.0 cm³/mol. The Morgan fingerprint density at radius 2 is 1.89 bits per heavy atom. The summed E-state index contributed by atoms with van der Waals surface area (Å²) in [5.74, 6) is 0. The molecule has 0 aliphatic rings. The number of aromatic nitrogens is 2. The molecule has 0 saturated heterocycles. The van der Waals surface area contributed by atoms with Crippen LogP contribution in [0.2, 0.25) is 0 Å². The monoisotopic (exact) mass is 321 g/mol. The molecule has 1 N–H and O–H groups in total. The number of aryl methyl sites for hydroxylation is 2. The molecular weight excluding hydrogens is 302 g/mol. The van der Waals surface area contributed by atoms with Crippen molar-refractivity contribution in [1.29, 1.82) is 0 Å². The van der Waals surface area contributed by atoms with Gasteiger partial charge in [0.1, 0.15) is 0 Å². The molecule has 102 valence electrons. The maximum atomic E-state index is 4.55. The second-order valence-corrected chi connectivity index (χ2v) is 5.44. The van der Waals surface area contributed by atoms with Crippen LogP contribution in [-0.4, -0.2) is 9.78 Å². The van der Waals surface area contributed by atoms with Gasteiger partial charge in [-0.1, -0.05) is 35.0 Å². The summed E-state index contributed by atoms with van der Waals surface area (Å²) in [7, 11) is 0. The van der Waals surface area contributed by atoms with Gasteiger partial charge >= 0.3 is 0 Å². The smallest absolute Gasteiger partial charge is 0.0625 e. The average molecular weight is 322 g/mol. The topological polar surface area (TPSA) is 29.9 Å². The Morgan fingerprint density at radius 3 is 2.53 bits per heavy atom. The summed E-state index contributed by atoms with van der Waals surface area (Å²) < 4.78 is 3.20. The number of benzene rings is 1. The molecule has 1 heterocycles. The van der Waals surface area contributed by atoms with E-state index in [1.165, 1.54) is 17.0 Å². The highest BCUT2D eigenvalue weighted by Crippen LogP contribution is 2.11. The molecule has 0 atom stereocenters. The minimum absolute atomic E-state index is 0.858. The third-order valence-corrected chi connectivity index (χ3v) is 3.65. The predicted octanol–water partition coefficient (Wildman–Crippen LogP) is 3.52. The van der Waals surface area contributed by atoms with Gasteiger partial charge in [0.05, 0.1) is 11.4 Å². The Kier molecular flexibility index (Phi) is 5.16. The molecule has 0 aliphatic heterocycles. The van der Waals surface area contributed by atoms with Gasteiger partial charge in [0.2, 0.25) is 0 Å². The normalized spacial score (nSPS) is 10.9. The van der Waals surface area contributed by atoms with E-state index in [0.29, 0.717) is 0 Å². The first-order valence-corrected chi connectivity index (χ1v) is 7.53. The molecule has 19 heavy (non-hydrogen) atoms. The van der Waals surface area contributed by atoms with Crippen molar-refractivity contribution in [2.75, 3.05) is 0 Å². The van der Waals surface area contributed by atoms with E-state index in [2.05, 4.69) is 75.2 Å². The second-order valence-electron chi connectivity index (χ2n) is 4.53. The van der Waals surface area contributed by atoms with Crippen molar-refractivity contribution in [3.05, 3.63) is 51.8 Å². The van der Waals surface area contributed by atoms with Crippen LogP contribution in [0.15, 0.2) is 34.8 Å². The first-order chi connectivity index (χ1) is 9.22. The minimum Gasteiger partial charge on any atom is -0.307 e. The molecule has 0 aliphatic carbocycles. The van der Waals surface area contributed by atoms with Crippen LogP contribution in [0.3, 0.4) is 0 Å². The Morgan fingerprint density at radius 1 is 1.16 bits per heavy atom. The maximum absolute atomic E-state index is 4.55. The Hall–Kier alpha value is -1.13. The summed E-state index contributed by atoms with van der Waals surface area (Å²) in [6, 6.07) is 10.6. The highest BCUT2D eigenvalue weighted by atomic mass is 79.9. The summed E-state index contributed by atoms with van der Waals surface area (Å²) in [4.78, 5) is 0. The molecule has 0 amide bonds. The van der Waals surface area contributed by atoms with Crippen molar-refractivity contribution in [2.24, 2.45) is 0 Å². The van der Waals surface area contributed by atoms with Gasteiger partial charge in [-0.05, 0) is 37.1 Å². The number of halogens is 1. The van der Waals surface area contributed by atoms with Crippen LogP contribution in [0.5, 0.6) is 0 Å². The van der Waals surface area contributed by atoms with E-state index in [1.807, 2.05) is 0 Å². The van der Waals surface area contributed by atoms with Gasteiger partial charge in [-0.15, -0.1) is 0 Å². The van der Waals surface area contributed by atoms with E-state index in [0.717, 1.165) is 30.5 Å². The number of hydrogen-bond acceptors (Lipinski definition) is 2. The van der Waals surface area contributed by atoms with Crippen LogP contribution in [0, 0.1) is 0 Å². The SMILES string of the molecule is CCc1cc(CNCc2ccc(Br)cc2)n(CC)n1. The van der Waals surface area contributed by atoms with Gasteiger partial charge in [-0.2, -0.15) is 5.10 Å². The molecule has 0 saturated carbocycles. The molecule has 0 radical (unpaired) electrons. The molecule has 4 heteroatoms. The highest BCUT2D eigenvalue weighted by molar-refractivity contribution is 9.10. The van der Waals surface area contributed by atoms with Crippen LogP contribution in [-0.2, 0) is 26.1 Å². The lowest BCUT2D eigenvalue weighted by molar-refractivity contribution is 0.577. The van der Waals surface area contributed by atoms with Gasteiger partial charge < -0.3 is 5.32 Å². The van der Waals surface area contributed by atoms with Crippen molar-refractivity contribution in [2.45, 2.75) is 39.9 Å². The van der Waals surface area contributed by atoms with Crippen molar-refractivity contribution < 1.29 is 0 Å². The fourth-order valence-electron chi connectivity index (χ4n) is 2.04. The fraction of sp³-hybridized carbons (Fsp3) is 0.400. The summed E-state index contributed by atoms with van der Waals surface area (Å²) in [6.07, 6.45) is 0.993. The van der Waals surface area contributed by atoms with Crippen LogP contribution >= 0.6 is 15.9 Å². The molecule has 1 aromatic carbocycles. The lowest BCUT2D eigenvalue weighted by Gasteiger charge is -2.07. The van der Waals surface area contributed by atoms with E-state index in [9.17, 15) is 0 Å². The first kappa shape index (κ1) is 14.3. The highest BCUT2D eigenvalue weighted by Gasteiger charge is 2.04. The van der Waals surface area contributed by atoms with Crippen molar-refractivity contribution in [1.82, 2.24) is 15.1 Å². The van der Waals surface area contributed by atoms with Crippen LogP contribution in [0.4, 0.5) is 0 Å². The zero-order valence-corrected chi connectivity index (χ0v) is 13.1. The third kappa shape index (κ3) is 3.91. The number of hydrogen-bond donors (Lipinski definition) is 1. The quantitative estimate of drug-likeness (QED) is 0.882. The average Bonchev–Trinajstić information content (AvgIpc) is 2.83. The second kappa shape index (κ2) is 6.87. The zero-order chi connectivity index (χ0) is 13.7. The molecule has 0 spiro atoms. The third-order valence-electron chi connectivity index (χ3n) is 3.12. The Balaban J connectivity index is 1.91. The van der Waals surface area contributed by atoms with E-state index in [1.54, 1.807) is 0 Å². The Labute approximate surface area is 123 Å². The van der Waals surface area contributed by atoms with Crippen molar-refractivity contribution in [3.8, 4) is 0 Å². The lowest BCUT2D eigenvalue weighted by atomic mass is 10.2. The van der Waals surface area contributed by atoms with E-state index in [4.69, 9.17) is 0 Å². The van der Waals surface area contributed by atoms with E-state index < -0.39 is 0 Å². The largest absolute Gasteiger partial charge is 0.307 e. The molecule has 0 bridgehead atoms. The minimum atomic E-state index is 0.858. The summed E-state index contributed by atoms with van der Waals surface area (Å²) in [6.45, 7) is 6.93. The van der Waals surface area contributed by atoms with Gasteiger partial charge in [0.25, 0.3) is 0 Å². The number of rotatable bonds is 6. The summed E-state index contributed by atoms with van der Waals surface area (Å²) in [5.41, 5.74) is 3.72. The molecule has 2 rings (SSSR count). The van der Waals surface area contributed by atoms with Crippen molar-refractivity contribution in [3.63, 3.8) is 0 Å². The standard InChI is InChI=1S/C15H20BrN3/c1-3-14-9-15(19(4-2)18-14)11-17-10-12-5-7-13(16)8-6-12/h5-9,17H,3-4,10-11H2,1-2H3. The van der Waals surface area contributed by atoms with Gasteiger partial charge in [0, 0.05) is 24.1 Å².